The molecule has 0 nitrogen and oxygen atoms in total. The predicted molar refractivity (Wildman–Crippen MR) is 61.8 cm³/mol. The molecule has 0 aromatic rings. The summed E-state index contributed by atoms with van der Waals surface area (Å²) in [7, 11) is 0. The van der Waals surface area contributed by atoms with Crippen molar-refractivity contribution in [2.45, 2.75) is 47.5 Å². The lowest BCUT2D eigenvalue weighted by molar-refractivity contribution is 0.655. The zero-order chi connectivity index (χ0) is 10.3. The van der Waals surface area contributed by atoms with Gasteiger partial charge in [-0.3, -0.25) is 0 Å². The SMILES string of the molecule is CCC(C)/C=C\C=C(\C)C(C)CC. The van der Waals surface area contributed by atoms with Crippen molar-refractivity contribution in [2.24, 2.45) is 11.8 Å². The Morgan fingerprint density at radius 3 is 2.23 bits per heavy atom. The molecular weight excluding hydrogens is 156 g/mol. The molecule has 0 bridgehead atoms. The van der Waals surface area contributed by atoms with Crippen molar-refractivity contribution in [1.29, 1.82) is 0 Å². The first-order valence-corrected chi connectivity index (χ1v) is 5.46. The first-order valence-electron chi connectivity index (χ1n) is 5.46. The van der Waals surface area contributed by atoms with Crippen LogP contribution in [0.1, 0.15) is 47.5 Å². The number of allylic oxidation sites excluding steroid dienone is 4. The summed E-state index contributed by atoms with van der Waals surface area (Å²) < 4.78 is 0. The standard InChI is InChI=1S/C13H24/c1-6-11(3)9-8-10-13(5)12(4)7-2/h8-12H,6-7H2,1-5H3/b9-8-,13-10-. The van der Waals surface area contributed by atoms with E-state index in [1.165, 1.54) is 18.4 Å². The van der Waals surface area contributed by atoms with E-state index in [9.17, 15) is 0 Å². The van der Waals surface area contributed by atoms with Crippen molar-refractivity contribution < 1.29 is 0 Å². The molecular formula is C13H24. The van der Waals surface area contributed by atoms with Crippen LogP contribution in [0.4, 0.5) is 0 Å². The molecule has 0 aliphatic heterocycles. The second-order valence-corrected chi connectivity index (χ2v) is 3.99. The number of rotatable bonds is 5. The minimum Gasteiger partial charge on any atom is -0.0817 e. The second kappa shape index (κ2) is 6.94. The van der Waals surface area contributed by atoms with E-state index in [0.717, 1.165) is 5.92 Å². The number of hydrogen-bond donors (Lipinski definition) is 0. The summed E-state index contributed by atoms with van der Waals surface area (Å²) in [6.07, 6.45) is 9.20. The topological polar surface area (TPSA) is 0 Å². The monoisotopic (exact) mass is 180 g/mol. The summed E-state index contributed by atoms with van der Waals surface area (Å²) >= 11 is 0. The van der Waals surface area contributed by atoms with Gasteiger partial charge in [-0.15, -0.1) is 0 Å². The maximum atomic E-state index is 2.28. The third kappa shape index (κ3) is 5.68. The highest BCUT2D eigenvalue weighted by molar-refractivity contribution is 5.12. The highest BCUT2D eigenvalue weighted by atomic mass is 14.0. The molecule has 76 valence electrons. The Morgan fingerprint density at radius 1 is 1.15 bits per heavy atom. The Kier molecular flexibility index (Phi) is 6.66. The Bertz CT molecular complexity index is 174. The van der Waals surface area contributed by atoms with Crippen LogP contribution in [0, 0.1) is 11.8 Å². The summed E-state index contributed by atoms with van der Waals surface area (Å²) in [4.78, 5) is 0. The summed E-state index contributed by atoms with van der Waals surface area (Å²) in [5, 5.41) is 0. The quantitative estimate of drug-likeness (QED) is 0.543. The van der Waals surface area contributed by atoms with E-state index in [1.807, 2.05) is 0 Å². The molecule has 0 heterocycles. The normalized spacial score (nSPS) is 17.8. The molecule has 0 amide bonds. The van der Waals surface area contributed by atoms with Gasteiger partial charge in [0.25, 0.3) is 0 Å². The lowest BCUT2D eigenvalue weighted by Crippen LogP contribution is -1.92. The first-order chi connectivity index (χ1) is 6.11. The Balaban J connectivity index is 4.02. The highest BCUT2D eigenvalue weighted by Crippen LogP contribution is 2.13. The first kappa shape index (κ1) is 12.5. The van der Waals surface area contributed by atoms with E-state index in [-0.39, 0.29) is 0 Å². The van der Waals surface area contributed by atoms with Crippen LogP contribution in [0.15, 0.2) is 23.8 Å². The van der Waals surface area contributed by atoms with Crippen LogP contribution in [0.25, 0.3) is 0 Å². The molecule has 0 aliphatic carbocycles. The van der Waals surface area contributed by atoms with E-state index in [2.05, 4.69) is 52.8 Å². The maximum absolute atomic E-state index is 2.28. The zero-order valence-corrected chi connectivity index (χ0v) is 9.80. The van der Waals surface area contributed by atoms with Gasteiger partial charge in [0.15, 0.2) is 0 Å². The molecule has 2 atom stereocenters. The van der Waals surface area contributed by atoms with Gasteiger partial charge in [-0.1, -0.05) is 57.9 Å². The van der Waals surface area contributed by atoms with Gasteiger partial charge in [-0.25, -0.2) is 0 Å². The average molecular weight is 180 g/mol. The van der Waals surface area contributed by atoms with Crippen LogP contribution in [0.5, 0.6) is 0 Å². The van der Waals surface area contributed by atoms with Gasteiger partial charge in [0.2, 0.25) is 0 Å². The summed E-state index contributed by atoms with van der Waals surface area (Å²) in [6.45, 7) is 11.2. The van der Waals surface area contributed by atoms with Crippen LogP contribution >= 0.6 is 0 Å². The Morgan fingerprint density at radius 2 is 1.77 bits per heavy atom. The molecule has 0 N–H and O–H groups in total. The molecule has 0 fully saturated rings. The molecule has 0 saturated heterocycles. The van der Waals surface area contributed by atoms with Gasteiger partial charge < -0.3 is 0 Å². The van der Waals surface area contributed by atoms with Gasteiger partial charge in [0.05, 0.1) is 0 Å². The third-order valence-electron chi connectivity index (χ3n) is 2.83. The van der Waals surface area contributed by atoms with Gasteiger partial charge >= 0.3 is 0 Å². The molecule has 0 aromatic carbocycles. The lowest BCUT2D eigenvalue weighted by atomic mass is 9.99. The van der Waals surface area contributed by atoms with Crippen LogP contribution in [-0.2, 0) is 0 Å². The van der Waals surface area contributed by atoms with Crippen molar-refractivity contribution in [3.05, 3.63) is 23.8 Å². The molecule has 0 rings (SSSR count). The highest BCUT2D eigenvalue weighted by Gasteiger charge is 1.98. The van der Waals surface area contributed by atoms with Crippen molar-refractivity contribution in [1.82, 2.24) is 0 Å². The molecule has 0 radical (unpaired) electrons. The van der Waals surface area contributed by atoms with Crippen LogP contribution in [0.2, 0.25) is 0 Å². The van der Waals surface area contributed by atoms with E-state index in [0.29, 0.717) is 5.92 Å². The molecule has 0 aromatic heterocycles. The molecule has 0 aliphatic rings. The summed E-state index contributed by atoms with van der Waals surface area (Å²) in [5.41, 5.74) is 1.49. The summed E-state index contributed by atoms with van der Waals surface area (Å²) in [5.74, 6) is 1.43. The van der Waals surface area contributed by atoms with Gasteiger partial charge in [-0.05, 0) is 25.2 Å². The largest absolute Gasteiger partial charge is 0.0817 e. The van der Waals surface area contributed by atoms with Crippen LogP contribution in [-0.4, -0.2) is 0 Å². The van der Waals surface area contributed by atoms with Crippen molar-refractivity contribution in [2.75, 3.05) is 0 Å². The molecule has 13 heavy (non-hydrogen) atoms. The van der Waals surface area contributed by atoms with E-state index < -0.39 is 0 Å². The minimum atomic E-state index is 0.709. The summed E-state index contributed by atoms with van der Waals surface area (Å²) in [6, 6.07) is 0. The molecule has 0 saturated carbocycles. The van der Waals surface area contributed by atoms with E-state index in [4.69, 9.17) is 0 Å². The fourth-order valence-corrected chi connectivity index (χ4v) is 1.02. The fraction of sp³-hybridized carbons (Fsp3) is 0.692. The van der Waals surface area contributed by atoms with Gasteiger partial charge in [0, 0.05) is 0 Å². The predicted octanol–water partition coefficient (Wildman–Crippen LogP) is 4.58. The molecule has 2 unspecified atom stereocenters. The molecule has 0 heteroatoms. The van der Waals surface area contributed by atoms with Crippen LogP contribution in [0.3, 0.4) is 0 Å². The third-order valence-corrected chi connectivity index (χ3v) is 2.83. The van der Waals surface area contributed by atoms with Crippen LogP contribution < -0.4 is 0 Å². The van der Waals surface area contributed by atoms with Crippen molar-refractivity contribution in [3.63, 3.8) is 0 Å². The Labute approximate surface area is 83.7 Å². The maximum Gasteiger partial charge on any atom is -0.0234 e. The van der Waals surface area contributed by atoms with Gasteiger partial charge in [0.1, 0.15) is 0 Å². The smallest absolute Gasteiger partial charge is 0.0234 e. The minimum absolute atomic E-state index is 0.709. The van der Waals surface area contributed by atoms with E-state index in [1.54, 1.807) is 0 Å². The van der Waals surface area contributed by atoms with Crippen molar-refractivity contribution >= 4 is 0 Å². The van der Waals surface area contributed by atoms with Gasteiger partial charge in [-0.2, -0.15) is 0 Å². The average Bonchev–Trinajstić information content (AvgIpc) is 2.15. The fourth-order valence-electron chi connectivity index (χ4n) is 1.02. The lowest BCUT2D eigenvalue weighted by Gasteiger charge is -2.07. The van der Waals surface area contributed by atoms with Crippen molar-refractivity contribution in [3.8, 4) is 0 Å². The Hall–Kier alpha value is -0.520. The molecule has 0 spiro atoms. The zero-order valence-electron chi connectivity index (χ0n) is 9.80. The number of hydrogen-bond acceptors (Lipinski definition) is 0. The van der Waals surface area contributed by atoms with E-state index >= 15 is 0 Å². The second-order valence-electron chi connectivity index (χ2n) is 3.99.